The van der Waals surface area contributed by atoms with Crippen molar-refractivity contribution in [2.45, 2.75) is 11.1 Å². The molecule has 0 saturated carbocycles. The van der Waals surface area contributed by atoms with Crippen LogP contribution in [0.4, 0.5) is 19.0 Å². The van der Waals surface area contributed by atoms with Crippen LogP contribution in [0.5, 0.6) is 11.5 Å². The zero-order chi connectivity index (χ0) is 21.4. The number of anilines is 1. The standard InChI is InChI=1S/C17H13ClF3N3O4S/c1-27-13-7-11-12(8-14(13)28-2)22-16(18)23-15(11)24-29(25,26)10-5-3-4-9(6-10)17(19,20)21/h3-8H,1-2H3,(H,22,23,24). The highest BCUT2D eigenvalue weighted by atomic mass is 35.5. The minimum atomic E-state index is -4.69. The van der Waals surface area contributed by atoms with Gasteiger partial charge in [0.2, 0.25) is 5.28 Å². The van der Waals surface area contributed by atoms with E-state index in [0.29, 0.717) is 11.8 Å². The molecule has 0 saturated heterocycles. The third-order valence-electron chi connectivity index (χ3n) is 3.88. The first-order chi connectivity index (χ1) is 13.5. The van der Waals surface area contributed by atoms with Gasteiger partial charge in [-0.2, -0.15) is 18.2 Å². The Hall–Kier alpha value is -2.79. The van der Waals surface area contributed by atoms with E-state index in [1.54, 1.807) is 0 Å². The van der Waals surface area contributed by atoms with Crippen molar-refractivity contribution in [3.05, 3.63) is 47.2 Å². The van der Waals surface area contributed by atoms with Gasteiger partial charge in [-0.1, -0.05) is 6.07 Å². The van der Waals surface area contributed by atoms with Gasteiger partial charge in [-0.25, -0.2) is 13.4 Å². The molecule has 12 heteroatoms. The molecule has 29 heavy (non-hydrogen) atoms. The van der Waals surface area contributed by atoms with Crippen LogP contribution < -0.4 is 14.2 Å². The van der Waals surface area contributed by atoms with Crippen molar-refractivity contribution in [3.8, 4) is 11.5 Å². The molecule has 0 aliphatic rings. The summed E-state index contributed by atoms with van der Waals surface area (Å²) >= 11 is 5.88. The molecule has 1 aromatic heterocycles. The van der Waals surface area contributed by atoms with Crippen molar-refractivity contribution in [3.63, 3.8) is 0 Å². The lowest BCUT2D eigenvalue weighted by Gasteiger charge is -2.14. The summed E-state index contributed by atoms with van der Waals surface area (Å²) in [5, 5.41) is -0.0611. The number of nitrogens with zero attached hydrogens (tertiary/aromatic N) is 2. The van der Waals surface area contributed by atoms with E-state index in [1.165, 1.54) is 26.4 Å². The molecule has 0 fully saturated rings. The average molecular weight is 448 g/mol. The molecule has 0 aliphatic heterocycles. The van der Waals surface area contributed by atoms with Gasteiger partial charge in [0.25, 0.3) is 10.0 Å². The van der Waals surface area contributed by atoms with Gasteiger partial charge in [0.15, 0.2) is 17.3 Å². The highest BCUT2D eigenvalue weighted by Crippen LogP contribution is 2.35. The summed E-state index contributed by atoms with van der Waals surface area (Å²) in [7, 11) is -1.62. The number of hydrogen-bond donors (Lipinski definition) is 1. The average Bonchev–Trinajstić information content (AvgIpc) is 2.66. The predicted molar refractivity (Wildman–Crippen MR) is 99.9 cm³/mol. The summed E-state index contributed by atoms with van der Waals surface area (Å²) in [6, 6.07) is 6.21. The first-order valence-corrected chi connectivity index (χ1v) is 9.70. The zero-order valence-corrected chi connectivity index (χ0v) is 16.5. The number of hydrogen-bond acceptors (Lipinski definition) is 6. The van der Waals surface area contributed by atoms with Crippen LogP contribution in [0.15, 0.2) is 41.3 Å². The van der Waals surface area contributed by atoms with Crippen molar-refractivity contribution < 1.29 is 31.1 Å². The zero-order valence-electron chi connectivity index (χ0n) is 14.9. The number of ether oxygens (including phenoxy) is 2. The second-order valence-corrected chi connectivity index (χ2v) is 7.72. The summed E-state index contributed by atoms with van der Waals surface area (Å²) in [5.41, 5.74) is -0.859. The van der Waals surface area contributed by atoms with Crippen LogP contribution in [0.1, 0.15) is 5.56 Å². The van der Waals surface area contributed by atoms with E-state index in [4.69, 9.17) is 21.1 Å². The Balaban J connectivity index is 2.12. The van der Waals surface area contributed by atoms with E-state index in [0.717, 1.165) is 18.2 Å². The number of nitrogens with one attached hydrogen (secondary N) is 1. The number of alkyl halides is 3. The first-order valence-electron chi connectivity index (χ1n) is 7.84. The Morgan fingerprint density at radius 1 is 1.03 bits per heavy atom. The van der Waals surface area contributed by atoms with Gasteiger partial charge in [0, 0.05) is 11.5 Å². The van der Waals surface area contributed by atoms with E-state index >= 15 is 0 Å². The van der Waals surface area contributed by atoms with Crippen molar-refractivity contribution >= 4 is 38.3 Å². The summed E-state index contributed by atoms with van der Waals surface area (Å²) < 4.78 is 76.6. The Bertz CT molecular complexity index is 1190. The van der Waals surface area contributed by atoms with E-state index in [2.05, 4.69) is 14.7 Å². The Morgan fingerprint density at radius 2 is 1.69 bits per heavy atom. The second-order valence-electron chi connectivity index (χ2n) is 5.70. The van der Waals surface area contributed by atoms with Gasteiger partial charge < -0.3 is 9.47 Å². The quantitative estimate of drug-likeness (QED) is 0.592. The van der Waals surface area contributed by atoms with Gasteiger partial charge in [-0.05, 0) is 35.9 Å². The summed E-state index contributed by atoms with van der Waals surface area (Å²) in [5.74, 6) is 0.366. The van der Waals surface area contributed by atoms with Crippen molar-refractivity contribution in [2.24, 2.45) is 0 Å². The Morgan fingerprint density at radius 3 is 2.31 bits per heavy atom. The minimum Gasteiger partial charge on any atom is -0.493 e. The third kappa shape index (κ3) is 4.30. The number of methoxy groups -OCH3 is 2. The van der Waals surface area contributed by atoms with Gasteiger partial charge in [-0.15, -0.1) is 0 Å². The molecule has 0 radical (unpaired) electrons. The van der Waals surface area contributed by atoms with Gasteiger partial charge in [-0.3, -0.25) is 4.72 Å². The van der Waals surface area contributed by atoms with Crippen molar-refractivity contribution in [2.75, 3.05) is 18.9 Å². The molecule has 1 N–H and O–H groups in total. The number of fused-ring (bicyclic) bond motifs is 1. The predicted octanol–water partition coefficient (Wildman–Crippen LogP) is 4.12. The Kier molecular flexibility index (Phi) is 5.46. The molecular weight excluding hydrogens is 435 g/mol. The highest BCUT2D eigenvalue weighted by Gasteiger charge is 2.32. The van der Waals surface area contributed by atoms with Crippen LogP contribution in [0.25, 0.3) is 10.9 Å². The number of rotatable bonds is 5. The monoisotopic (exact) mass is 447 g/mol. The fourth-order valence-corrected chi connectivity index (χ4v) is 3.77. The van der Waals surface area contributed by atoms with Crippen molar-refractivity contribution in [1.29, 1.82) is 0 Å². The number of sulfonamides is 1. The van der Waals surface area contributed by atoms with Crippen LogP contribution in [-0.4, -0.2) is 32.6 Å². The lowest BCUT2D eigenvalue weighted by molar-refractivity contribution is -0.137. The fourth-order valence-electron chi connectivity index (χ4n) is 2.53. The Labute approximate surface area is 168 Å². The molecule has 0 amide bonds. The van der Waals surface area contributed by atoms with Gasteiger partial charge in [0.1, 0.15) is 0 Å². The molecule has 0 spiro atoms. The molecule has 0 atom stereocenters. The summed E-state index contributed by atoms with van der Waals surface area (Å²) in [6.45, 7) is 0. The van der Waals surface area contributed by atoms with Gasteiger partial charge in [0.05, 0.1) is 30.2 Å². The molecule has 3 rings (SSSR count). The molecule has 0 bridgehead atoms. The van der Waals surface area contributed by atoms with Crippen LogP contribution in [0.2, 0.25) is 5.28 Å². The lowest BCUT2D eigenvalue weighted by atomic mass is 10.2. The maximum Gasteiger partial charge on any atom is 0.416 e. The van der Waals surface area contributed by atoms with Crippen molar-refractivity contribution in [1.82, 2.24) is 9.97 Å². The molecule has 3 aromatic rings. The normalized spacial score (nSPS) is 12.1. The largest absolute Gasteiger partial charge is 0.493 e. The van der Waals surface area contributed by atoms with E-state index in [-0.39, 0.29) is 27.8 Å². The molecular formula is C17H13ClF3N3O4S. The summed E-state index contributed by atoms with van der Waals surface area (Å²) in [6.07, 6.45) is -4.69. The minimum absolute atomic E-state index is 0.211. The highest BCUT2D eigenvalue weighted by molar-refractivity contribution is 7.92. The number of halogens is 4. The maximum absolute atomic E-state index is 12.9. The second kappa shape index (κ2) is 7.56. The topological polar surface area (TPSA) is 90.4 Å². The van der Waals surface area contributed by atoms with E-state index in [9.17, 15) is 21.6 Å². The molecule has 1 heterocycles. The SMILES string of the molecule is COc1cc2nc(Cl)nc(NS(=O)(=O)c3cccc(C(F)(F)F)c3)c2cc1OC. The number of benzene rings is 2. The number of aromatic nitrogens is 2. The summed E-state index contributed by atoms with van der Waals surface area (Å²) in [4.78, 5) is 7.28. The van der Waals surface area contributed by atoms with E-state index in [1.807, 2.05) is 0 Å². The van der Waals surface area contributed by atoms with E-state index < -0.39 is 26.7 Å². The van der Waals surface area contributed by atoms with Gasteiger partial charge >= 0.3 is 6.18 Å². The molecule has 154 valence electrons. The first kappa shape index (κ1) is 20.9. The van der Waals surface area contributed by atoms with Crippen LogP contribution in [0, 0.1) is 0 Å². The van der Waals surface area contributed by atoms with Crippen LogP contribution >= 0.6 is 11.6 Å². The lowest BCUT2D eigenvalue weighted by Crippen LogP contribution is -2.16. The third-order valence-corrected chi connectivity index (χ3v) is 5.38. The molecule has 2 aromatic carbocycles. The molecule has 0 unspecified atom stereocenters. The fraction of sp³-hybridized carbons (Fsp3) is 0.176. The molecule has 0 aliphatic carbocycles. The van der Waals surface area contributed by atoms with Crippen LogP contribution in [-0.2, 0) is 16.2 Å². The molecule has 7 nitrogen and oxygen atoms in total. The van der Waals surface area contributed by atoms with Crippen LogP contribution in [0.3, 0.4) is 0 Å². The smallest absolute Gasteiger partial charge is 0.416 e. The maximum atomic E-state index is 12.9.